The molecule has 1 heteroatoms. The standard InChI is InChI=1S/C3H8.H3N/c1-3-2;/h3H2,1-2H3;1H3. The number of hydrogen-bond donors (Lipinski definition) is 1. The molecule has 0 aromatic rings. The summed E-state index contributed by atoms with van der Waals surface area (Å²) < 4.78 is 0. The molecule has 0 aromatic carbocycles. The smallest absolute Gasteiger partial charge is 0.0590 e. The van der Waals surface area contributed by atoms with Crippen LogP contribution in [0.4, 0.5) is 0 Å². The minimum Gasteiger partial charge on any atom is -0.344 e. The minimum absolute atomic E-state index is 0. The molecule has 0 atom stereocenters. The molecule has 0 aromatic heterocycles. The van der Waals surface area contributed by atoms with Crippen LogP contribution in [-0.2, 0) is 0 Å². The fraction of sp³-hybridized carbons (Fsp3) is 1.00. The molecule has 0 rings (SSSR count). The molecule has 0 amide bonds. The molecule has 0 unspecified atom stereocenters. The van der Waals surface area contributed by atoms with E-state index in [0.717, 1.165) is 0 Å². The van der Waals surface area contributed by atoms with Crippen molar-refractivity contribution < 1.29 is 0 Å². The maximum absolute atomic E-state index is 2.12. The predicted molar refractivity (Wildman–Crippen MR) is 21.0 cm³/mol. The molecule has 1 nitrogen and oxygen atoms in total. The average Bonchev–Trinajstić information content (AvgIpc) is 0.918. The molecule has 0 bridgehead atoms. The fourth-order valence-electron chi connectivity index (χ4n) is 0. The zero-order chi connectivity index (χ0) is 2.71. The van der Waals surface area contributed by atoms with Crippen LogP contribution in [0.1, 0.15) is 20.3 Å². The topological polar surface area (TPSA) is 35.0 Å². The van der Waals surface area contributed by atoms with Crippen molar-refractivity contribution in [2.24, 2.45) is 0 Å². The van der Waals surface area contributed by atoms with E-state index in [-0.39, 0.29) is 6.15 Å². The summed E-state index contributed by atoms with van der Waals surface area (Å²) in [4.78, 5) is 0. The first-order valence-corrected chi connectivity index (χ1v) is 1.41. The summed E-state index contributed by atoms with van der Waals surface area (Å²) in [5, 5.41) is 0. The van der Waals surface area contributed by atoms with Crippen LogP contribution in [0.15, 0.2) is 0 Å². The molecule has 0 saturated heterocycles. The van der Waals surface area contributed by atoms with Crippen molar-refractivity contribution in [2.45, 2.75) is 20.3 Å². The highest BCUT2D eigenvalue weighted by atomic mass is 14.0. The van der Waals surface area contributed by atoms with Crippen LogP contribution in [0.3, 0.4) is 0 Å². The summed E-state index contributed by atoms with van der Waals surface area (Å²) in [5.74, 6) is 0. The van der Waals surface area contributed by atoms with Gasteiger partial charge in [0.2, 0.25) is 0 Å². The van der Waals surface area contributed by atoms with Gasteiger partial charge in [0.15, 0.2) is 0 Å². The SMILES string of the molecule is CCC.N. The first kappa shape index (κ1) is 9.03. The Bertz CT molecular complexity index is 3.25. The van der Waals surface area contributed by atoms with E-state index >= 15 is 0 Å². The van der Waals surface area contributed by atoms with Crippen molar-refractivity contribution >= 4 is 0 Å². The van der Waals surface area contributed by atoms with Crippen LogP contribution < -0.4 is 6.15 Å². The second-order valence-corrected chi connectivity index (χ2v) is 0.707. The summed E-state index contributed by atoms with van der Waals surface area (Å²) in [6.07, 6.45) is 1.25. The van der Waals surface area contributed by atoms with Gasteiger partial charge in [0.1, 0.15) is 0 Å². The van der Waals surface area contributed by atoms with Gasteiger partial charge >= 0.3 is 0 Å². The maximum atomic E-state index is 2.12. The number of hydrogen-bond acceptors (Lipinski definition) is 1. The molecule has 0 spiro atoms. The highest BCUT2D eigenvalue weighted by Gasteiger charge is 1.35. The highest BCUT2D eigenvalue weighted by molar-refractivity contribution is 3.92. The van der Waals surface area contributed by atoms with Crippen LogP contribution in [0.25, 0.3) is 0 Å². The van der Waals surface area contributed by atoms with Gasteiger partial charge in [-0.2, -0.15) is 0 Å². The van der Waals surface area contributed by atoms with E-state index in [9.17, 15) is 0 Å². The van der Waals surface area contributed by atoms with Crippen molar-refractivity contribution in [3.63, 3.8) is 0 Å². The Kier molecular flexibility index (Phi) is 27.9. The van der Waals surface area contributed by atoms with Gasteiger partial charge in [-0.05, 0) is 0 Å². The second-order valence-electron chi connectivity index (χ2n) is 0.707. The van der Waals surface area contributed by atoms with Crippen molar-refractivity contribution in [1.82, 2.24) is 6.15 Å². The number of rotatable bonds is 0. The first-order chi connectivity index (χ1) is 1.41. The van der Waals surface area contributed by atoms with Gasteiger partial charge in [0.25, 0.3) is 0 Å². The summed E-state index contributed by atoms with van der Waals surface area (Å²) in [6, 6.07) is 0. The van der Waals surface area contributed by atoms with Crippen LogP contribution in [-0.4, -0.2) is 0 Å². The normalized spacial score (nSPS) is 4.50. The molecule has 0 aliphatic carbocycles. The largest absolute Gasteiger partial charge is 0.344 e. The maximum Gasteiger partial charge on any atom is -0.0590 e. The lowest BCUT2D eigenvalue weighted by molar-refractivity contribution is 1.09. The molecular formula is C3H11N. The Balaban J connectivity index is 0. The molecule has 0 aliphatic rings. The van der Waals surface area contributed by atoms with Gasteiger partial charge in [0, 0.05) is 0 Å². The summed E-state index contributed by atoms with van der Waals surface area (Å²) in [5.41, 5.74) is 0. The molecule has 0 radical (unpaired) electrons. The Morgan fingerprint density at radius 2 is 1.25 bits per heavy atom. The summed E-state index contributed by atoms with van der Waals surface area (Å²) in [6.45, 7) is 4.25. The lowest BCUT2D eigenvalue weighted by Gasteiger charge is -1.48. The van der Waals surface area contributed by atoms with E-state index in [1.165, 1.54) is 6.42 Å². The van der Waals surface area contributed by atoms with E-state index in [1.54, 1.807) is 0 Å². The molecule has 0 fully saturated rings. The van der Waals surface area contributed by atoms with E-state index in [4.69, 9.17) is 0 Å². The lowest BCUT2D eigenvalue weighted by Crippen LogP contribution is -1.27. The minimum atomic E-state index is 0. The van der Waals surface area contributed by atoms with Gasteiger partial charge in [-0.25, -0.2) is 0 Å². The van der Waals surface area contributed by atoms with Gasteiger partial charge in [0.05, 0.1) is 0 Å². The Labute approximate surface area is 27.6 Å². The van der Waals surface area contributed by atoms with Crippen molar-refractivity contribution in [3.8, 4) is 0 Å². The Morgan fingerprint density at radius 3 is 1.25 bits per heavy atom. The van der Waals surface area contributed by atoms with E-state index < -0.39 is 0 Å². The van der Waals surface area contributed by atoms with Crippen LogP contribution >= 0.6 is 0 Å². The summed E-state index contributed by atoms with van der Waals surface area (Å²) >= 11 is 0. The molecule has 3 N–H and O–H groups in total. The van der Waals surface area contributed by atoms with E-state index in [1.807, 2.05) is 0 Å². The van der Waals surface area contributed by atoms with Crippen molar-refractivity contribution in [3.05, 3.63) is 0 Å². The van der Waals surface area contributed by atoms with Gasteiger partial charge in [-0.3, -0.25) is 0 Å². The van der Waals surface area contributed by atoms with Crippen molar-refractivity contribution in [2.75, 3.05) is 0 Å². The molecule has 0 saturated carbocycles. The zero-order valence-corrected chi connectivity index (χ0v) is 3.41. The lowest BCUT2D eigenvalue weighted by atomic mass is 10.6. The third kappa shape index (κ3) is 1130. The molecule has 0 heterocycles. The van der Waals surface area contributed by atoms with Gasteiger partial charge in [-0.15, -0.1) is 0 Å². The van der Waals surface area contributed by atoms with Gasteiger partial charge in [-0.1, -0.05) is 20.3 Å². The van der Waals surface area contributed by atoms with Crippen LogP contribution in [0.5, 0.6) is 0 Å². The van der Waals surface area contributed by atoms with Gasteiger partial charge < -0.3 is 6.15 Å². The Hall–Kier alpha value is -0.0400. The third-order valence-electron chi connectivity index (χ3n) is 0. The second kappa shape index (κ2) is 12.3. The monoisotopic (exact) mass is 61.1 g/mol. The average molecular weight is 61.1 g/mol. The molecule has 0 aliphatic heterocycles. The van der Waals surface area contributed by atoms with Crippen molar-refractivity contribution in [1.29, 1.82) is 0 Å². The Morgan fingerprint density at radius 1 is 1.25 bits per heavy atom. The van der Waals surface area contributed by atoms with E-state index in [2.05, 4.69) is 13.8 Å². The third-order valence-corrected chi connectivity index (χ3v) is 0. The van der Waals surface area contributed by atoms with E-state index in [0.29, 0.717) is 0 Å². The van der Waals surface area contributed by atoms with Crippen LogP contribution in [0, 0.1) is 0 Å². The highest BCUT2D eigenvalue weighted by Crippen LogP contribution is 1.56. The predicted octanol–water partition coefficient (Wildman–Crippen LogP) is 1.58. The zero-order valence-electron chi connectivity index (χ0n) is 3.41. The fourth-order valence-corrected chi connectivity index (χ4v) is 0. The first-order valence-electron chi connectivity index (χ1n) is 1.41. The quantitative estimate of drug-likeness (QED) is 0.453. The van der Waals surface area contributed by atoms with Crippen LogP contribution in [0.2, 0.25) is 0 Å². The molecule has 4 heavy (non-hydrogen) atoms. The summed E-state index contributed by atoms with van der Waals surface area (Å²) in [7, 11) is 0. The molecule has 28 valence electrons. The molecular weight excluding hydrogens is 50.0 g/mol.